The third kappa shape index (κ3) is 1.86. The molecule has 1 unspecified atom stereocenters. The Bertz CT molecular complexity index is 524. The molecule has 96 valence electrons. The molecule has 0 aromatic heterocycles. The van der Waals surface area contributed by atoms with Crippen LogP contribution in [0.15, 0.2) is 12.1 Å². The van der Waals surface area contributed by atoms with Gasteiger partial charge in [-0.05, 0) is 12.5 Å². The number of anilines is 1. The second-order valence-electron chi connectivity index (χ2n) is 4.42. The van der Waals surface area contributed by atoms with Gasteiger partial charge in [0.25, 0.3) is 0 Å². The Morgan fingerprint density at radius 3 is 2.78 bits per heavy atom. The van der Waals surface area contributed by atoms with Gasteiger partial charge >= 0.3 is 5.97 Å². The molecule has 5 nitrogen and oxygen atoms in total. The molecule has 0 aliphatic carbocycles. The molecule has 1 aliphatic rings. The van der Waals surface area contributed by atoms with Crippen molar-refractivity contribution in [2.45, 2.75) is 19.4 Å². The SMILES string of the molecule is COC(=O)C(O)c1cc(C)cc2c1N(C)C(=O)C2. The summed E-state index contributed by atoms with van der Waals surface area (Å²) in [4.78, 5) is 24.6. The largest absolute Gasteiger partial charge is 0.467 e. The molecule has 2 rings (SSSR count). The van der Waals surface area contributed by atoms with Crippen molar-refractivity contribution in [3.05, 3.63) is 28.8 Å². The molecule has 0 radical (unpaired) electrons. The molecular formula is C13H15NO4. The van der Waals surface area contributed by atoms with Crippen molar-refractivity contribution in [2.75, 3.05) is 19.1 Å². The number of aryl methyl sites for hydroxylation is 1. The van der Waals surface area contributed by atoms with Gasteiger partial charge in [0.15, 0.2) is 6.10 Å². The Morgan fingerprint density at radius 1 is 1.50 bits per heavy atom. The number of fused-ring (bicyclic) bond motifs is 1. The van der Waals surface area contributed by atoms with Crippen LogP contribution in [0.5, 0.6) is 0 Å². The van der Waals surface area contributed by atoms with Crippen LogP contribution in [-0.4, -0.2) is 31.1 Å². The first kappa shape index (κ1) is 12.6. The number of carbonyl (C=O) groups excluding carboxylic acids is 2. The molecule has 0 saturated heterocycles. The number of amides is 1. The summed E-state index contributed by atoms with van der Waals surface area (Å²) in [6.45, 7) is 1.86. The number of esters is 1. The summed E-state index contributed by atoms with van der Waals surface area (Å²) in [7, 11) is 2.85. The first-order valence-corrected chi connectivity index (χ1v) is 5.61. The minimum Gasteiger partial charge on any atom is -0.467 e. The van der Waals surface area contributed by atoms with Crippen molar-refractivity contribution < 1.29 is 19.4 Å². The Morgan fingerprint density at radius 2 is 2.17 bits per heavy atom. The number of aliphatic hydroxyl groups is 1. The van der Waals surface area contributed by atoms with E-state index in [0.29, 0.717) is 17.7 Å². The number of ether oxygens (including phenoxy) is 1. The van der Waals surface area contributed by atoms with Gasteiger partial charge in [0.1, 0.15) is 0 Å². The summed E-state index contributed by atoms with van der Waals surface area (Å²) in [5, 5.41) is 9.97. The van der Waals surface area contributed by atoms with Gasteiger partial charge in [0, 0.05) is 12.6 Å². The van der Waals surface area contributed by atoms with Gasteiger partial charge in [0.05, 0.1) is 19.2 Å². The molecule has 0 fully saturated rings. The molecule has 5 heteroatoms. The number of aliphatic hydroxyl groups excluding tert-OH is 1. The van der Waals surface area contributed by atoms with Crippen LogP contribution in [0.3, 0.4) is 0 Å². The van der Waals surface area contributed by atoms with Crippen LogP contribution in [-0.2, 0) is 20.7 Å². The second-order valence-corrected chi connectivity index (χ2v) is 4.42. The molecule has 0 spiro atoms. The summed E-state index contributed by atoms with van der Waals surface area (Å²) < 4.78 is 4.54. The van der Waals surface area contributed by atoms with E-state index in [2.05, 4.69) is 4.74 Å². The molecule has 1 aromatic rings. The van der Waals surface area contributed by atoms with E-state index in [4.69, 9.17) is 0 Å². The molecule has 0 saturated carbocycles. The molecule has 1 aliphatic heterocycles. The number of methoxy groups -OCH3 is 1. The van der Waals surface area contributed by atoms with Crippen LogP contribution >= 0.6 is 0 Å². The fourth-order valence-electron chi connectivity index (χ4n) is 2.28. The zero-order valence-electron chi connectivity index (χ0n) is 10.6. The molecule has 1 atom stereocenters. The number of hydrogen-bond donors (Lipinski definition) is 1. The smallest absolute Gasteiger partial charge is 0.339 e. The van der Waals surface area contributed by atoms with Crippen molar-refractivity contribution >= 4 is 17.6 Å². The van der Waals surface area contributed by atoms with Gasteiger partial charge in [-0.3, -0.25) is 4.79 Å². The standard InChI is InChI=1S/C13H15NO4/c1-7-4-8-6-10(15)14(2)11(8)9(5-7)12(16)13(17)18-3/h4-5,12,16H,6H2,1-3H3. The summed E-state index contributed by atoms with van der Waals surface area (Å²) in [5.74, 6) is -0.774. The van der Waals surface area contributed by atoms with Gasteiger partial charge in [-0.15, -0.1) is 0 Å². The number of carbonyl (C=O) groups is 2. The maximum atomic E-state index is 11.7. The highest BCUT2D eigenvalue weighted by molar-refractivity contribution is 6.02. The van der Waals surface area contributed by atoms with Gasteiger partial charge < -0.3 is 14.7 Å². The maximum Gasteiger partial charge on any atom is 0.339 e. The lowest BCUT2D eigenvalue weighted by Gasteiger charge is -2.18. The highest BCUT2D eigenvalue weighted by Crippen LogP contribution is 2.36. The number of rotatable bonds is 2. The van der Waals surface area contributed by atoms with E-state index in [0.717, 1.165) is 11.1 Å². The second kappa shape index (κ2) is 4.42. The zero-order valence-corrected chi connectivity index (χ0v) is 10.6. The van der Waals surface area contributed by atoms with E-state index >= 15 is 0 Å². The highest BCUT2D eigenvalue weighted by Gasteiger charge is 2.31. The predicted octanol–water partition coefficient (Wildman–Crippen LogP) is 0.720. The lowest BCUT2D eigenvalue weighted by Crippen LogP contribution is -2.23. The topological polar surface area (TPSA) is 66.8 Å². The van der Waals surface area contributed by atoms with Crippen LogP contribution in [0.25, 0.3) is 0 Å². The minimum atomic E-state index is -1.36. The monoisotopic (exact) mass is 249 g/mol. The first-order valence-electron chi connectivity index (χ1n) is 5.61. The fraction of sp³-hybridized carbons (Fsp3) is 0.385. The van der Waals surface area contributed by atoms with Crippen LogP contribution in [0.2, 0.25) is 0 Å². The molecule has 0 bridgehead atoms. The van der Waals surface area contributed by atoms with Crippen molar-refractivity contribution in [1.29, 1.82) is 0 Å². The van der Waals surface area contributed by atoms with Gasteiger partial charge in [-0.2, -0.15) is 0 Å². The van der Waals surface area contributed by atoms with E-state index in [9.17, 15) is 14.7 Å². The number of benzene rings is 1. The van der Waals surface area contributed by atoms with E-state index in [1.807, 2.05) is 13.0 Å². The molecule has 1 aromatic carbocycles. The van der Waals surface area contributed by atoms with E-state index < -0.39 is 12.1 Å². The van der Waals surface area contributed by atoms with Crippen LogP contribution in [0.1, 0.15) is 22.8 Å². The summed E-state index contributed by atoms with van der Waals surface area (Å²) in [6.07, 6.45) is -1.06. The Kier molecular flexibility index (Phi) is 3.09. The molecule has 1 N–H and O–H groups in total. The van der Waals surface area contributed by atoms with Gasteiger partial charge in [0.2, 0.25) is 5.91 Å². The minimum absolute atomic E-state index is 0.0473. The molecular weight excluding hydrogens is 234 g/mol. The van der Waals surface area contributed by atoms with Gasteiger partial charge in [-0.25, -0.2) is 4.79 Å². The normalized spacial score (nSPS) is 15.6. The fourth-order valence-corrected chi connectivity index (χ4v) is 2.28. The maximum absolute atomic E-state index is 11.7. The summed E-state index contributed by atoms with van der Waals surface area (Å²) in [6, 6.07) is 3.60. The Labute approximate surface area is 105 Å². The van der Waals surface area contributed by atoms with Crippen LogP contribution in [0.4, 0.5) is 5.69 Å². The Balaban J connectivity index is 2.55. The number of likely N-dealkylation sites (N-methyl/N-ethyl adjacent to an activating group) is 1. The van der Waals surface area contributed by atoms with Gasteiger partial charge in [-0.1, -0.05) is 17.7 Å². The molecule has 1 heterocycles. The van der Waals surface area contributed by atoms with Crippen LogP contribution in [0, 0.1) is 6.92 Å². The zero-order chi connectivity index (χ0) is 13.4. The van der Waals surface area contributed by atoms with E-state index in [-0.39, 0.29) is 5.91 Å². The summed E-state index contributed by atoms with van der Waals surface area (Å²) >= 11 is 0. The van der Waals surface area contributed by atoms with Crippen molar-refractivity contribution in [3.63, 3.8) is 0 Å². The van der Waals surface area contributed by atoms with Crippen molar-refractivity contribution in [1.82, 2.24) is 0 Å². The Hall–Kier alpha value is -1.88. The first-order chi connectivity index (χ1) is 8.45. The average molecular weight is 249 g/mol. The lowest BCUT2D eigenvalue weighted by molar-refractivity contribution is -0.150. The number of hydrogen-bond acceptors (Lipinski definition) is 4. The van der Waals surface area contributed by atoms with E-state index in [1.54, 1.807) is 13.1 Å². The van der Waals surface area contributed by atoms with Crippen molar-refractivity contribution in [2.24, 2.45) is 0 Å². The third-order valence-corrected chi connectivity index (χ3v) is 3.13. The number of nitrogens with zero attached hydrogens (tertiary/aromatic N) is 1. The highest BCUT2D eigenvalue weighted by atomic mass is 16.5. The quantitative estimate of drug-likeness (QED) is 0.784. The summed E-state index contributed by atoms with van der Waals surface area (Å²) in [5.41, 5.74) is 2.77. The molecule has 18 heavy (non-hydrogen) atoms. The average Bonchev–Trinajstić information content (AvgIpc) is 2.62. The van der Waals surface area contributed by atoms with E-state index in [1.165, 1.54) is 12.0 Å². The third-order valence-electron chi connectivity index (χ3n) is 3.13. The lowest BCUT2D eigenvalue weighted by atomic mass is 9.99. The van der Waals surface area contributed by atoms with Crippen LogP contribution < -0.4 is 4.90 Å². The predicted molar refractivity (Wildman–Crippen MR) is 65.3 cm³/mol. The molecule has 1 amide bonds. The van der Waals surface area contributed by atoms with Crippen molar-refractivity contribution in [3.8, 4) is 0 Å².